The number of hydrogen-bond acceptors (Lipinski definition) is 5. The van der Waals surface area contributed by atoms with Crippen LogP contribution in [0.25, 0.3) is 0 Å². The Morgan fingerprint density at radius 1 is 1.12 bits per heavy atom. The molecular formula is C19H15ClN2O4. The van der Waals surface area contributed by atoms with Crippen LogP contribution in [0.4, 0.5) is 5.69 Å². The number of carbonyl (C=O) groups excluding carboxylic acids is 3. The van der Waals surface area contributed by atoms with Gasteiger partial charge < -0.3 is 10.4 Å². The lowest BCUT2D eigenvalue weighted by Gasteiger charge is -2.15. The Balaban J connectivity index is 1.92. The predicted octanol–water partition coefficient (Wildman–Crippen LogP) is 2.23. The minimum absolute atomic E-state index is 0.0351. The number of anilines is 1. The van der Waals surface area contributed by atoms with Gasteiger partial charge in [-0.1, -0.05) is 41.9 Å². The van der Waals surface area contributed by atoms with Crippen LogP contribution in [0.2, 0.25) is 5.02 Å². The molecular weight excluding hydrogens is 356 g/mol. The van der Waals surface area contributed by atoms with Crippen LogP contribution < -0.4 is 5.32 Å². The smallest absolute Gasteiger partial charge is 0.277 e. The highest BCUT2D eigenvalue weighted by molar-refractivity contribution is 6.31. The summed E-state index contributed by atoms with van der Waals surface area (Å²) >= 11 is 6.03. The number of nitrogens with zero attached hydrogens (tertiary/aromatic N) is 1. The third-order valence-electron chi connectivity index (χ3n) is 3.86. The molecule has 132 valence electrons. The molecule has 1 aliphatic heterocycles. The van der Waals surface area contributed by atoms with E-state index in [2.05, 4.69) is 5.32 Å². The highest BCUT2D eigenvalue weighted by Crippen LogP contribution is 2.26. The number of amides is 2. The highest BCUT2D eigenvalue weighted by Gasteiger charge is 2.31. The molecule has 0 bridgehead atoms. The second kappa shape index (κ2) is 7.51. The van der Waals surface area contributed by atoms with Gasteiger partial charge in [-0.05, 0) is 18.2 Å². The number of ketones is 1. The van der Waals surface area contributed by atoms with Gasteiger partial charge >= 0.3 is 0 Å². The molecule has 0 radical (unpaired) electrons. The van der Waals surface area contributed by atoms with E-state index in [0.717, 1.165) is 11.0 Å². The number of halogens is 1. The third kappa shape index (κ3) is 3.51. The van der Waals surface area contributed by atoms with E-state index in [4.69, 9.17) is 16.7 Å². The van der Waals surface area contributed by atoms with E-state index in [9.17, 15) is 14.4 Å². The first-order valence-electron chi connectivity index (χ1n) is 7.86. The molecule has 0 aromatic heterocycles. The van der Waals surface area contributed by atoms with Crippen molar-refractivity contribution in [2.24, 2.45) is 0 Å². The van der Waals surface area contributed by atoms with Crippen molar-refractivity contribution in [3.8, 4) is 0 Å². The van der Waals surface area contributed by atoms with Gasteiger partial charge in [0.15, 0.2) is 5.78 Å². The molecule has 0 spiro atoms. The number of benzene rings is 2. The Labute approximate surface area is 154 Å². The van der Waals surface area contributed by atoms with Crippen molar-refractivity contribution in [1.82, 2.24) is 4.90 Å². The van der Waals surface area contributed by atoms with Crippen LogP contribution in [0.3, 0.4) is 0 Å². The molecule has 2 amide bonds. The maximum atomic E-state index is 12.8. The quantitative estimate of drug-likeness (QED) is 0.601. The number of β-amino-alcohol motifs (C(OH)–C–C–N with tert-alkyl or cyclic N) is 1. The molecule has 6 nitrogen and oxygen atoms in total. The van der Waals surface area contributed by atoms with Crippen LogP contribution in [-0.2, 0) is 9.59 Å². The molecule has 2 aromatic carbocycles. The second-order valence-corrected chi connectivity index (χ2v) is 6.02. The molecule has 26 heavy (non-hydrogen) atoms. The van der Waals surface area contributed by atoms with Gasteiger partial charge in [0, 0.05) is 27.9 Å². The monoisotopic (exact) mass is 370 g/mol. The van der Waals surface area contributed by atoms with Crippen LogP contribution >= 0.6 is 11.6 Å². The normalized spacial score (nSPS) is 13.8. The van der Waals surface area contributed by atoms with Gasteiger partial charge in [-0.3, -0.25) is 19.3 Å². The summed E-state index contributed by atoms with van der Waals surface area (Å²) in [6, 6.07) is 13.3. The SMILES string of the molecule is O=C(c1ccccc1)c1cc(Cl)ccc1NC1=CC(=O)N(CCO)C1=O. The summed E-state index contributed by atoms with van der Waals surface area (Å²) in [5.41, 5.74) is 1.15. The Morgan fingerprint density at radius 3 is 2.54 bits per heavy atom. The Bertz CT molecular complexity index is 909. The van der Waals surface area contributed by atoms with E-state index >= 15 is 0 Å². The molecule has 0 aliphatic carbocycles. The molecule has 1 aliphatic rings. The third-order valence-corrected chi connectivity index (χ3v) is 4.10. The first kappa shape index (κ1) is 17.8. The largest absolute Gasteiger partial charge is 0.395 e. The zero-order chi connectivity index (χ0) is 18.7. The van der Waals surface area contributed by atoms with Gasteiger partial charge in [-0.2, -0.15) is 0 Å². The van der Waals surface area contributed by atoms with Gasteiger partial charge in [0.1, 0.15) is 5.70 Å². The van der Waals surface area contributed by atoms with Crippen LogP contribution in [-0.4, -0.2) is 40.8 Å². The minimum Gasteiger partial charge on any atom is -0.395 e. The van der Waals surface area contributed by atoms with E-state index in [1.807, 2.05) is 0 Å². The van der Waals surface area contributed by atoms with Gasteiger partial charge in [-0.25, -0.2) is 0 Å². The zero-order valence-electron chi connectivity index (χ0n) is 13.6. The van der Waals surface area contributed by atoms with Gasteiger partial charge in [0.05, 0.1) is 13.2 Å². The number of hydrogen-bond donors (Lipinski definition) is 2. The topological polar surface area (TPSA) is 86.7 Å². The van der Waals surface area contributed by atoms with Crippen molar-refractivity contribution in [2.75, 3.05) is 18.5 Å². The van der Waals surface area contributed by atoms with E-state index in [1.54, 1.807) is 42.5 Å². The fourth-order valence-electron chi connectivity index (χ4n) is 2.61. The van der Waals surface area contributed by atoms with Gasteiger partial charge in [0.25, 0.3) is 11.8 Å². The lowest BCUT2D eigenvalue weighted by atomic mass is 10.0. The molecule has 0 unspecified atom stereocenters. The molecule has 0 saturated heterocycles. The summed E-state index contributed by atoms with van der Waals surface area (Å²) in [5, 5.41) is 12.2. The number of aliphatic hydroxyl groups excluding tert-OH is 1. The van der Waals surface area contributed by atoms with Crippen LogP contribution in [0.5, 0.6) is 0 Å². The first-order valence-corrected chi connectivity index (χ1v) is 8.24. The molecule has 0 saturated carbocycles. The highest BCUT2D eigenvalue weighted by atomic mass is 35.5. The maximum absolute atomic E-state index is 12.8. The first-order chi connectivity index (χ1) is 12.5. The number of nitrogens with one attached hydrogen (secondary N) is 1. The molecule has 3 rings (SSSR count). The van der Waals surface area contributed by atoms with Crippen molar-refractivity contribution in [3.63, 3.8) is 0 Å². The molecule has 1 heterocycles. The van der Waals surface area contributed by atoms with E-state index in [0.29, 0.717) is 16.3 Å². The standard InChI is InChI=1S/C19H15ClN2O4/c20-13-6-7-15(14(10-13)18(25)12-4-2-1-3-5-12)21-16-11-17(24)22(8-9-23)19(16)26/h1-7,10-11,21,23H,8-9H2. The number of carbonyl (C=O) groups is 3. The fourth-order valence-corrected chi connectivity index (χ4v) is 2.79. The average Bonchev–Trinajstić information content (AvgIpc) is 2.91. The summed E-state index contributed by atoms with van der Waals surface area (Å²) in [4.78, 5) is 37.9. The molecule has 0 atom stereocenters. The average molecular weight is 371 g/mol. The van der Waals surface area contributed by atoms with E-state index in [1.165, 1.54) is 6.07 Å². The summed E-state index contributed by atoms with van der Waals surface area (Å²) in [7, 11) is 0. The summed E-state index contributed by atoms with van der Waals surface area (Å²) < 4.78 is 0. The Kier molecular flexibility index (Phi) is 5.16. The van der Waals surface area contributed by atoms with Crippen molar-refractivity contribution >= 4 is 34.9 Å². The van der Waals surface area contributed by atoms with Crippen LogP contribution in [0.1, 0.15) is 15.9 Å². The zero-order valence-corrected chi connectivity index (χ0v) is 14.4. The Hall–Kier alpha value is -2.96. The maximum Gasteiger partial charge on any atom is 0.277 e. The molecule has 2 N–H and O–H groups in total. The van der Waals surface area contributed by atoms with Crippen molar-refractivity contribution in [3.05, 3.63) is 76.5 Å². The number of aliphatic hydroxyl groups is 1. The van der Waals surface area contributed by atoms with Crippen molar-refractivity contribution in [1.29, 1.82) is 0 Å². The van der Waals surface area contributed by atoms with Gasteiger partial charge in [-0.15, -0.1) is 0 Å². The minimum atomic E-state index is -0.558. The summed E-state index contributed by atoms with van der Waals surface area (Å²) in [6.07, 6.45) is 1.14. The number of rotatable bonds is 6. The van der Waals surface area contributed by atoms with E-state index in [-0.39, 0.29) is 30.2 Å². The molecule has 0 fully saturated rings. The van der Waals surface area contributed by atoms with Crippen LogP contribution in [0.15, 0.2) is 60.3 Å². The second-order valence-electron chi connectivity index (χ2n) is 5.59. The molecule has 2 aromatic rings. The number of imide groups is 1. The van der Waals surface area contributed by atoms with E-state index < -0.39 is 11.8 Å². The lowest BCUT2D eigenvalue weighted by Crippen LogP contribution is -2.34. The summed E-state index contributed by atoms with van der Waals surface area (Å²) in [5.74, 6) is -1.34. The van der Waals surface area contributed by atoms with Gasteiger partial charge in [0.2, 0.25) is 0 Å². The Morgan fingerprint density at radius 2 is 1.85 bits per heavy atom. The lowest BCUT2D eigenvalue weighted by molar-refractivity contribution is -0.137. The summed E-state index contributed by atoms with van der Waals surface area (Å²) in [6.45, 7) is -0.410. The molecule has 7 heteroatoms. The van der Waals surface area contributed by atoms with Crippen molar-refractivity contribution < 1.29 is 19.5 Å². The fraction of sp³-hybridized carbons (Fsp3) is 0.105. The van der Waals surface area contributed by atoms with Crippen molar-refractivity contribution in [2.45, 2.75) is 0 Å². The van der Waals surface area contributed by atoms with Crippen LogP contribution in [0, 0.1) is 0 Å². The predicted molar refractivity (Wildman–Crippen MR) is 96.8 cm³/mol.